The molecule has 0 spiro atoms. The molecule has 0 fully saturated rings. The third-order valence-electron chi connectivity index (χ3n) is 4.11. The molecular formula is C21H16N4O3. The van der Waals surface area contributed by atoms with E-state index in [1.807, 2.05) is 19.1 Å². The van der Waals surface area contributed by atoms with Gasteiger partial charge in [0.1, 0.15) is 23.3 Å². The minimum Gasteiger partial charge on any atom is -0.422 e. The Bertz CT molecular complexity index is 1220. The maximum Gasteiger partial charge on any atom is 0.349 e. The van der Waals surface area contributed by atoms with Gasteiger partial charge in [0.05, 0.1) is 0 Å². The molecule has 0 unspecified atom stereocenters. The van der Waals surface area contributed by atoms with Crippen LogP contribution >= 0.6 is 0 Å². The van der Waals surface area contributed by atoms with Gasteiger partial charge in [-0.25, -0.2) is 14.8 Å². The van der Waals surface area contributed by atoms with E-state index < -0.39 is 11.5 Å². The van der Waals surface area contributed by atoms with Crippen LogP contribution in [-0.2, 0) is 0 Å². The molecule has 1 amide bonds. The van der Waals surface area contributed by atoms with Crippen LogP contribution < -0.4 is 16.3 Å². The van der Waals surface area contributed by atoms with Gasteiger partial charge in [-0.2, -0.15) is 0 Å². The number of para-hydroxylation sites is 1. The summed E-state index contributed by atoms with van der Waals surface area (Å²) in [6, 6.07) is 17.5. The number of aromatic nitrogens is 2. The summed E-state index contributed by atoms with van der Waals surface area (Å²) >= 11 is 0. The Balaban J connectivity index is 1.50. The molecule has 0 atom stereocenters. The van der Waals surface area contributed by atoms with Crippen LogP contribution in [0.1, 0.15) is 16.1 Å². The fourth-order valence-corrected chi connectivity index (χ4v) is 2.73. The van der Waals surface area contributed by atoms with Crippen LogP contribution in [0.5, 0.6) is 0 Å². The molecule has 7 nitrogen and oxygen atoms in total. The molecule has 0 bridgehead atoms. The van der Waals surface area contributed by atoms with Gasteiger partial charge < -0.3 is 15.1 Å². The number of anilines is 3. The molecule has 0 aliphatic heterocycles. The molecule has 0 saturated carbocycles. The van der Waals surface area contributed by atoms with Crippen molar-refractivity contribution in [3.8, 4) is 0 Å². The highest BCUT2D eigenvalue weighted by molar-refractivity contribution is 6.05. The molecular weight excluding hydrogens is 356 g/mol. The van der Waals surface area contributed by atoms with Crippen LogP contribution in [0.3, 0.4) is 0 Å². The summed E-state index contributed by atoms with van der Waals surface area (Å²) in [6.07, 6.45) is 1.49. The second kappa shape index (κ2) is 7.32. The van der Waals surface area contributed by atoms with E-state index in [-0.39, 0.29) is 5.56 Å². The number of carbonyl (C=O) groups excluding carboxylic acids is 1. The van der Waals surface area contributed by atoms with Crippen molar-refractivity contribution in [2.24, 2.45) is 0 Å². The van der Waals surface area contributed by atoms with Gasteiger partial charge >= 0.3 is 5.63 Å². The van der Waals surface area contributed by atoms with Gasteiger partial charge in [0.2, 0.25) is 0 Å². The summed E-state index contributed by atoms with van der Waals surface area (Å²) in [5.41, 5.74) is 1.95. The summed E-state index contributed by atoms with van der Waals surface area (Å²) in [5, 5.41) is 6.56. The Hall–Kier alpha value is -4.00. The molecule has 4 aromatic rings. The summed E-state index contributed by atoms with van der Waals surface area (Å²) in [5.74, 6) is 0.157. The summed E-state index contributed by atoms with van der Waals surface area (Å²) in [4.78, 5) is 32.8. The number of hydrogen-bond acceptors (Lipinski definition) is 6. The van der Waals surface area contributed by atoms with Crippen molar-refractivity contribution in [1.29, 1.82) is 0 Å². The highest BCUT2D eigenvalue weighted by Crippen LogP contribution is 2.19. The van der Waals surface area contributed by atoms with Gasteiger partial charge in [0.15, 0.2) is 0 Å². The molecule has 138 valence electrons. The lowest BCUT2D eigenvalue weighted by Gasteiger charge is -2.08. The summed E-state index contributed by atoms with van der Waals surface area (Å²) in [7, 11) is 0. The Morgan fingerprint density at radius 1 is 0.964 bits per heavy atom. The zero-order valence-corrected chi connectivity index (χ0v) is 15.0. The van der Waals surface area contributed by atoms with Crippen molar-refractivity contribution in [2.45, 2.75) is 6.92 Å². The zero-order valence-electron chi connectivity index (χ0n) is 15.0. The fraction of sp³-hybridized carbons (Fsp3) is 0.0476. The van der Waals surface area contributed by atoms with Gasteiger partial charge in [0, 0.05) is 28.5 Å². The second-order valence-corrected chi connectivity index (χ2v) is 6.19. The van der Waals surface area contributed by atoms with Crippen molar-refractivity contribution in [3.63, 3.8) is 0 Å². The Kier molecular flexibility index (Phi) is 4.55. The Morgan fingerprint density at radius 2 is 1.71 bits per heavy atom. The number of nitrogens with one attached hydrogen (secondary N) is 2. The summed E-state index contributed by atoms with van der Waals surface area (Å²) in [6.45, 7) is 1.88. The van der Waals surface area contributed by atoms with Crippen LogP contribution in [0.4, 0.5) is 17.2 Å². The number of rotatable bonds is 4. The first-order valence-electron chi connectivity index (χ1n) is 8.58. The third-order valence-corrected chi connectivity index (χ3v) is 4.11. The highest BCUT2D eigenvalue weighted by Gasteiger charge is 2.14. The predicted molar refractivity (Wildman–Crippen MR) is 107 cm³/mol. The van der Waals surface area contributed by atoms with Crippen molar-refractivity contribution in [3.05, 3.63) is 88.7 Å². The molecule has 28 heavy (non-hydrogen) atoms. The number of fused-ring (bicyclic) bond motifs is 1. The number of carbonyl (C=O) groups is 1. The average molecular weight is 372 g/mol. The third kappa shape index (κ3) is 3.73. The molecule has 0 radical (unpaired) electrons. The molecule has 0 saturated heterocycles. The largest absolute Gasteiger partial charge is 0.422 e. The van der Waals surface area contributed by atoms with E-state index in [0.29, 0.717) is 22.5 Å². The van der Waals surface area contributed by atoms with E-state index in [9.17, 15) is 9.59 Å². The molecule has 2 aromatic carbocycles. The van der Waals surface area contributed by atoms with Gasteiger partial charge in [-0.05, 0) is 43.3 Å². The predicted octanol–water partition coefficient (Wildman–Crippen LogP) is 3.89. The maximum absolute atomic E-state index is 12.5. The van der Waals surface area contributed by atoms with Gasteiger partial charge in [-0.3, -0.25) is 4.79 Å². The second-order valence-electron chi connectivity index (χ2n) is 6.19. The first-order chi connectivity index (χ1) is 13.6. The number of hydrogen-bond donors (Lipinski definition) is 2. The molecule has 2 heterocycles. The van der Waals surface area contributed by atoms with E-state index in [1.54, 1.807) is 42.5 Å². The normalized spacial score (nSPS) is 10.6. The number of nitrogens with zero attached hydrogens (tertiary/aromatic N) is 2. The topological polar surface area (TPSA) is 97.1 Å². The minimum absolute atomic E-state index is 0.0441. The van der Waals surface area contributed by atoms with Gasteiger partial charge in [-0.1, -0.05) is 18.2 Å². The Morgan fingerprint density at radius 3 is 2.50 bits per heavy atom. The SMILES string of the molecule is Cc1cc(Nc2ccc(NC(=O)c3cc4ccccc4oc3=O)cc2)ncn1. The molecule has 2 N–H and O–H groups in total. The number of aryl methyl sites for hydroxylation is 1. The van der Waals surface area contributed by atoms with Crippen molar-refractivity contribution in [2.75, 3.05) is 10.6 Å². The first-order valence-corrected chi connectivity index (χ1v) is 8.58. The van der Waals surface area contributed by atoms with Gasteiger partial charge in [0.25, 0.3) is 5.91 Å². The number of amides is 1. The molecule has 4 rings (SSSR count). The van der Waals surface area contributed by atoms with E-state index in [4.69, 9.17) is 4.42 Å². The van der Waals surface area contributed by atoms with Crippen LogP contribution in [0.15, 0.2) is 76.2 Å². The monoisotopic (exact) mass is 372 g/mol. The van der Waals surface area contributed by atoms with Crippen molar-refractivity contribution in [1.82, 2.24) is 9.97 Å². The summed E-state index contributed by atoms with van der Waals surface area (Å²) < 4.78 is 5.21. The standard InChI is InChI=1S/C21H16N4O3/c1-13-10-19(23-12-22-13)24-15-6-8-16(9-7-15)25-20(26)17-11-14-4-2-3-5-18(14)28-21(17)27/h2-12H,1H3,(H,25,26)(H,22,23,24). The average Bonchev–Trinajstić information content (AvgIpc) is 2.69. The molecule has 0 aliphatic rings. The molecule has 2 aromatic heterocycles. The van der Waals surface area contributed by atoms with E-state index in [0.717, 1.165) is 11.4 Å². The van der Waals surface area contributed by atoms with E-state index in [1.165, 1.54) is 12.4 Å². The number of benzene rings is 2. The Labute approximate surface area is 160 Å². The molecule has 7 heteroatoms. The quantitative estimate of drug-likeness (QED) is 0.528. The smallest absolute Gasteiger partial charge is 0.349 e. The minimum atomic E-state index is -0.673. The zero-order chi connectivity index (χ0) is 19.5. The van der Waals surface area contributed by atoms with Crippen molar-refractivity contribution < 1.29 is 9.21 Å². The van der Waals surface area contributed by atoms with Crippen LogP contribution in [0.2, 0.25) is 0 Å². The highest BCUT2D eigenvalue weighted by atomic mass is 16.4. The fourth-order valence-electron chi connectivity index (χ4n) is 2.73. The lowest BCUT2D eigenvalue weighted by Crippen LogP contribution is -2.20. The molecule has 0 aliphatic carbocycles. The van der Waals surface area contributed by atoms with E-state index >= 15 is 0 Å². The van der Waals surface area contributed by atoms with Crippen LogP contribution in [0, 0.1) is 6.92 Å². The van der Waals surface area contributed by atoms with Crippen LogP contribution in [0.25, 0.3) is 11.0 Å². The van der Waals surface area contributed by atoms with E-state index in [2.05, 4.69) is 20.6 Å². The van der Waals surface area contributed by atoms with Crippen molar-refractivity contribution >= 4 is 34.1 Å². The van der Waals surface area contributed by atoms with Crippen LogP contribution in [-0.4, -0.2) is 15.9 Å². The lowest BCUT2D eigenvalue weighted by atomic mass is 10.1. The first kappa shape index (κ1) is 17.4. The lowest BCUT2D eigenvalue weighted by molar-refractivity contribution is 0.102. The van der Waals surface area contributed by atoms with Gasteiger partial charge in [-0.15, -0.1) is 0 Å². The maximum atomic E-state index is 12.5.